The number of nitrogens with zero attached hydrogens (tertiary/aromatic N) is 3. The van der Waals surface area contributed by atoms with Crippen LogP contribution in [0.15, 0.2) is 17.1 Å². The Bertz CT molecular complexity index is 521. The van der Waals surface area contributed by atoms with Gasteiger partial charge < -0.3 is 0 Å². The minimum atomic E-state index is -0.559. The molecule has 2 aromatic heterocycles. The molecule has 1 N–H and O–H groups in total. The molecule has 0 fully saturated rings. The Hall–Kier alpha value is -1.87. The Morgan fingerprint density at radius 2 is 2.31 bits per heavy atom. The average Bonchev–Trinajstić information content (AvgIpc) is 2.87. The predicted molar refractivity (Wildman–Crippen MR) is 58.8 cm³/mol. The molecule has 2 aromatic rings. The molecule has 0 aliphatic heterocycles. The van der Waals surface area contributed by atoms with Crippen molar-refractivity contribution in [3.8, 4) is 0 Å². The van der Waals surface area contributed by atoms with Crippen LogP contribution in [-0.2, 0) is 0 Å². The van der Waals surface area contributed by atoms with Gasteiger partial charge in [0.25, 0.3) is 5.91 Å². The van der Waals surface area contributed by atoms with E-state index in [-0.39, 0.29) is 15.8 Å². The molecule has 2 rings (SSSR count). The van der Waals surface area contributed by atoms with Gasteiger partial charge in [0.2, 0.25) is 0 Å². The molecular weight excluding hydrogens is 252 g/mol. The lowest BCUT2D eigenvalue weighted by Crippen LogP contribution is -2.11. The van der Waals surface area contributed by atoms with Gasteiger partial charge in [0, 0.05) is 5.38 Å². The summed E-state index contributed by atoms with van der Waals surface area (Å²) in [5.74, 6) is -0.425. The van der Waals surface area contributed by atoms with Gasteiger partial charge in [-0.2, -0.15) is 0 Å². The SMILES string of the molecule is O=C(Nc1ncc([N+](=O)[O-])s1)c1cscn1. The summed E-state index contributed by atoms with van der Waals surface area (Å²) in [6.45, 7) is 0. The zero-order valence-corrected chi connectivity index (χ0v) is 9.25. The Morgan fingerprint density at radius 1 is 1.50 bits per heavy atom. The Labute approximate surface area is 96.9 Å². The van der Waals surface area contributed by atoms with Crippen LogP contribution in [0.5, 0.6) is 0 Å². The molecule has 2 heterocycles. The van der Waals surface area contributed by atoms with Gasteiger partial charge in [0.1, 0.15) is 11.9 Å². The summed E-state index contributed by atoms with van der Waals surface area (Å²) in [5, 5.41) is 14.5. The molecule has 0 saturated carbocycles. The zero-order valence-electron chi connectivity index (χ0n) is 7.61. The molecule has 82 valence electrons. The van der Waals surface area contributed by atoms with Crippen LogP contribution in [0.4, 0.5) is 10.1 Å². The van der Waals surface area contributed by atoms with E-state index in [9.17, 15) is 14.9 Å². The van der Waals surface area contributed by atoms with E-state index < -0.39 is 10.8 Å². The molecule has 0 saturated heterocycles. The first-order chi connectivity index (χ1) is 7.66. The second kappa shape index (κ2) is 4.33. The Balaban J connectivity index is 2.09. The number of hydrogen-bond donors (Lipinski definition) is 1. The van der Waals surface area contributed by atoms with Crippen molar-refractivity contribution >= 4 is 38.7 Å². The van der Waals surface area contributed by atoms with Crippen molar-refractivity contribution in [3.63, 3.8) is 0 Å². The molecule has 0 unspecified atom stereocenters. The van der Waals surface area contributed by atoms with Crippen LogP contribution >= 0.6 is 22.7 Å². The van der Waals surface area contributed by atoms with Crippen LogP contribution in [0.2, 0.25) is 0 Å². The quantitative estimate of drug-likeness (QED) is 0.666. The maximum atomic E-state index is 11.5. The number of nitro groups is 1. The number of rotatable bonds is 3. The molecule has 9 heteroatoms. The van der Waals surface area contributed by atoms with E-state index in [1.165, 1.54) is 16.8 Å². The largest absolute Gasteiger partial charge is 0.345 e. The average molecular weight is 256 g/mol. The first-order valence-electron chi connectivity index (χ1n) is 3.96. The van der Waals surface area contributed by atoms with Crippen molar-refractivity contribution in [1.82, 2.24) is 9.97 Å². The maximum Gasteiger partial charge on any atom is 0.345 e. The van der Waals surface area contributed by atoms with Crippen LogP contribution in [0.25, 0.3) is 0 Å². The summed E-state index contributed by atoms with van der Waals surface area (Å²) in [7, 11) is 0. The van der Waals surface area contributed by atoms with Crippen molar-refractivity contribution in [2.24, 2.45) is 0 Å². The van der Waals surface area contributed by atoms with Gasteiger partial charge in [-0.15, -0.1) is 11.3 Å². The molecule has 0 spiro atoms. The normalized spacial score (nSPS) is 10.0. The van der Waals surface area contributed by atoms with Gasteiger partial charge in [-0.3, -0.25) is 20.2 Å². The lowest BCUT2D eigenvalue weighted by molar-refractivity contribution is -0.380. The first-order valence-corrected chi connectivity index (χ1v) is 5.72. The second-order valence-electron chi connectivity index (χ2n) is 2.59. The van der Waals surface area contributed by atoms with E-state index in [0.717, 1.165) is 17.5 Å². The van der Waals surface area contributed by atoms with Gasteiger partial charge >= 0.3 is 5.00 Å². The van der Waals surface area contributed by atoms with Crippen LogP contribution < -0.4 is 5.32 Å². The topological polar surface area (TPSA) is 98.0 Å². The van der Waals surface area contributed by atoms with E-state index in [4.69, 9.17) is 0 Å². The summed E-state index contributed by atoms with van der Waals surface area (Å²) in [4.78, 5) is 28.8. The van der Waals surface area contributed by atoms with Gasteiger partial charge in [0.15, 0.2) is 5.13 Å². The predicted octanol–water partition coefficient (Wildman–Crippen LogP) is 1.76. The summed E-state index contributed by atoms with van der Waals surface area (Å²) in [5.41, 5.74) is 1.79. The number of aromatic nitrogens is 2. The second-order valence-corrected chi connectivity index (χ2v) is 4.32. The molecule has 0 aromatic carbocycles. The fraction of sp³-hybridized carbons (Fsp3) is 0. The molecule has 0 aliphatic carbocycles. The van der Waals surface area contributed by atoms with Crippen molar-refractivity contribution in [3.05, 3.63) is 32.9 Å². The van der Waals surface area contributed by atoms with Crippen molar-refractivity contribution < 1.29 is 9.72 Å². The van der Waals surface area contributed by atoms with E-state index in [0.29, 0.717) is 0 Å². The number of anilines is 1. The van der Waals surface area contributed by atoms with Crippen LogP contribution in [0.3, 0.4) is 0 Å². The van der Waals surface area contributed by atoms with E-state index in [2.05, 4.69) is 15.3 Å². The number of hydrogen-bond acceptors (Lipinski definition) is 7. The minimum Gasteiger partial charge on any atom is -0.296 e. The fourth-order valence-electron chi connectivity index (χ4n) is 0.894. The van der Waals surface area contributed by atoms with Crippen LogP contribution in [0.1, 0.15) is 10.5 Å². The molecule has 0 atom stereocenters. The van der Waals surface area contributed by atoms with E-state index in [1.807, 2.05) is 0 Å². The number of thiazole rings is 2. The van der Waals surface area contributed by atoms with Gasteiger partial charge in [-0.05, 0) is 11.3 Å². The molecule has 7 nitrogen and oxygen atoms in total. The summed E-state index contributed by atoms with van der Waals surface area (Å²) < 4.78 is 0. The standard InChI is InChI=1S/C7H4N4O3S2/c12-6(4-2-15-3-9-4)10-7-8-1-5(16-7)11(13)14/h1-3H,(H,8,10,12). The highest BCUT2D eigenvalue weighted by Gasteiger charge is 2.14. The van der Waals surface area contributed by atoms with Gasteiger partial charge in [-0.25, -0.2) is 9.97 Å². The first kappa shape index (κ1) is 10.6. The fourth-order valence-corrected chi connectivity index (χ4v) is 2.05. The Morgan fingerprint density at radius 3 is 2.88 bits per heavy atom. The number of carbonyl (C=O) groups excluding carboxylic acids is 1. The van der Waals surface area contributed by atoms with Gasteiger partial charge in [-0.1, -0.05) is 0 Å². The van der Waals surface area contributed by atoms with Crippen molar-refractivity contribution in [1.29, 1.82) is 0 Å². The van der Waals surface area contributed by atoms with Crippen molar-refractivity contribution in [2.75, 3.05) is 5.32 Å². The summed E-state index contributed by atoms with van der Waals surface area (Å²) >= 11 is 2.09. The molecular formula is C7H4N4O3S2. The molecule has 1 amide bonds. The Kier molecular flexibility index (Phi) is 2.88. The number of carbonyl (C=O) groups is 1. The molecule has 0 aliphatic rings. The molecule has 16 heavy (non-hydrogen) atoms. The highest BCUT2D eigenvalue weighted by molar-refractivity contribution is 7.18. The third-order valence-electron chi connectivity index (χ3n) is 1.56. The van der Waals surface area contributed by atoms with E-state index in [1.54, 1.807) is 5.38 Å². The van der Waals surface area contributed by atoms with Crippen LogP contribution in [-0.4, -0.2) is 20.8 Å². The maximum absolute atomic E-state index is 11.5. The lowest BCUT2D eigenvalue weighted by Gasteiger charge is -1.95. The van der Waals surface area contributed by atoms with Gasteiger partial charge in [0.05, 0.1) is 10.4 Å². The third-order valence-corrected chi connectivity index (χ3v) is 3.01. The molecule has 0 radical (unpaired) electrons. The summed E-state index contributed by atoms with van der Waals surface area (Å²) in [6, 6.07) is 0. The van der Waals surface area contributed by atoms with E-state index >= 15 is 0 Å². The number of amides is 1. The zero-order chi connectivity index (χ0) is 11.5. The highest BCUT2D eigenvalue weighted by Crippen LogP contribution is 2.25. The third kappa shape index (κ3) is 2.20. The summed E-state index contributed by atoms with van der Waals surface area (Å²) in [6.07, 6.45) is 1.10. The number of nitrogens with one attached hydrogen (secondary N) is 1. The monoisotopic (exact) mass is 256 g/mol. The molecule has 0 bridgehead atoms. The smallest absolute Gasteiger partial charge is 0.296 e. The lowest BCUT2D eigenvalue weighted by atomic mass is 10.5. The highest BCUT2D eigenvalue weighted by atomic mass is 32.1. The van der Waals surface area contributed by atoms with Crippen molar-refractivity contribution in [2.45, 2.75) is 0 Å². The van der Waals surface area contributed by atoms with Crippen LogP contribution in [0, 0.1) is 10.1 Å². The minimum absolute atomic E-state index is 0.117.